The van der Waals surface area contributed by atoms with E-state index < -0.39 is 6.04 Å². The van der Waals surface area contributed by atoms with Crippen molar-refractivity contribution < 1.29 is 14.4 Å². The highest BCUT2D eigenvalue weighted by Crippen LogP contribution is 2.31. The lowest BCUT2D eigenvalue weighted by Crippen LogP contribution is -2.49. The molecule has 3 heterocycles. The van der Waals surface area contributed by atoms with E-state index in [9.17, 15) is 14.4 Å². The van der Waals surface area contributed by atoms with Gasteiger partial charge in [0.2, 0.25) is 11.8 Å². The molecule has 2 aromatic heterocycles. The fourth-order valence-electron chi connectivity index (χ4n) is 5.87. The van der Waals surface area contributed by atoms with Crippen molar-refractivity contribution in [1.82, 2.24) is 25.0 Å². The third-order valence-electron chi connectivity index (χ3n) is 8.32. The molecule has 0 bridgehead atoms. The number of nitrogens with zero attached hydrogens (tertiary/aromatic N) is 4. The molecule has 2 fully saturated rings. The zero-order valence-electron chi connectivity index (χ0n) is 23.3. The van der Waals surface area contributed by atoms with Crippen LogP contribution in [0.5, 0.6) is 0 Å². The number of likely N-dealkylation sites (tertiary alicyclic amines) is 1. The minimum absolute atomic E-state index is 0.0696. The summed E-state index contributed by atoms with van der Waals surface area (Å²) in [5.74, 6) is 0.308. The molecule has 0 radical (unpaired) electrons. The van der Waals surface area contributed by atoms with Crippen molar-refractivity contribution in [1.29, 1.82) is 0 Å². The smallest absolute Gasteiger partial charge is 0.270 e. The summed E-state index contributed by atoms with van der Waals surface area (Å²) in [7, 11) is 1.71. The Morgan fingerprint density at radius 1 is 0.975 bits per heavy atom. The van der Waals surface area contributed by atoms with Crippen molar-refractivity contribution in [3.8, 4) is 11.1 Å². The molecule has 3 amide bonds. The Balaban J connectivity index is 1.29. The molecule has 210 valence electrons. The molecule has 1 atom stereocenters. The molecule has 0 unspecified atom stereocenters. The first kappa shape index (κ1) is 27.6. The molecule has 0 spiro atoms. The molecule has 1 aromatic carbocycles. The van der Waals surface area contributed by atoms with Crippen molar-refractivity contribution in [3.05, 3.63) is 66.2 Å². The summed E-state index contributed by atoms with van der Waals surface area (Å²) in [4.78, 5) is 45.5. The molecule has 3 aromatic rings. The van der Waals surface area contributed by atoms with E-state index in [2.05, 4.69) is 27.6 Å². The fraction of sp³-hybridized carbons (Fsp3) is 0.452. The Labute approximate surface area is 235 Å². The van der Waals surface area contributed by atoms with Gasteiger partial charge in [0, 0.05) is 44.4 Å². The SMILES string of the molecule is CC1CCC([C@H](NC(=O)c2ccnn2C)C(=O)Nc2ccc(-c3ccncc3CC(=O)N3CCCC3)cc2)CC1. The quantitative estimate of drug-likeness (QED) is 0.443. The molecule has 1 saturated heterocycles. The zero-order chi connectivity index (χ0) is 28.1. The van der Waals surface area contributed by atoms with Crippen LogP contribution in [-0.4, -0.2) is 56.5 Å². The predicted octanol–water partition coefficient (Wildman–Crippen LogP) is 4.21. The second-order valence-electron chi connectivity index (χ2n) is 11.2. The van der Waals surface area contributed by atoms with Crippen LogP contribution in [0.15, 0.2) is 55.0 Å². The number of hydrogen-bond donors (Lipinski definition) is 2. The second-order valence-corrected chi connectivity index (χ2v) is 11.2. The Morgan fingerprint density at radius 2 is 1.70 bits per heavy atom. The van der Waals surface area contributed by atoms with Gasteiger partial charge in [-0.1, -0.05) is 31.9 Å². The van der Waals surface area contributed by atoms with Crippen LogP contribution in [0.25, 0.3) is 11.1 Å². The standard InChI is InChI=1S/C31H38N6O3/c1-21-5-7-23(8-6-21)29(35-30(39)27-14-16-33-36(27)2)31(40)34-25-11-9-22(10-12-25)26-13-15-32-20-24(26)19-28(38)37-17-3-4-18-37/h9-16,20-21,23,29H,3-8,17-19H2,1-2H3,(H,34,40)(H,35,39)/t21?,23?,29-/m0/s1. The number of carbonyl (C=O) groups excluding carboxylic acids is 3. The average Bonchev–Trinajstić information content (AvgIpc) is 3.65. The maximum Gasteiger partial charge on any atom is 0.270 e. The number of anilines is 1. The molecule has 2 N–H and O–H groups in total. The van der Waals surface area contributed by atoms with Crippen LogP contribution in [0.3, 0.4) is 0 Å². The minimum atomic E-state index is -0.641. The van der Waals surface area contributed by atoms with Crippen molar-refractivity contribution >= 4 is 23.4 Å². The normalized spacial score (nSPS) is 19.7. The number of amides is 3. The Kier molecular flexibility index (Phi) is 8.57. The molecule has 1 aliphatic heterocycles. The first-order chi connectivity index (χ1) is 19.4. The van der Waals surface area contributed by atoms with Crippen LogP contribution >= 0.6 is 0 Å². The van der Waals surface area contributed by atoms with Crippen LogP contribution in [0, 0.1) is 11.8 Å². The largest absolute Gasteiger partial charge is 0.342 e. The molecule has 9 heteroatoms. The van der Waals surface area contributed by atoms with Crippen LogP contribution < -0.4 is 10.6 Å². The zero-order valence-corrected chi connectivity index (χ0v) is 23.3. The fourth-order valence-corrected chi connectivity index (χ4v) is 5.87. The van der Waals surface area contributed by atoms with Gasteiger partial charge in [-0.3, -0.25) is 24.0 Å². The minimum Gasteiger partial charge on any atom is -0.342 e. The highest BCUT2D eigenvalue weighted by atomic mass is 16.2. The second kappa shape index (κ2) is 12.4. The van der Waals surface area contributed by atoms with E-state index in [1.807, 2.05) is 35.2 Å². The first-order valence-electron chi connectivity index (χ1n) is 14.3. The van der Waals surface area contributed by atoms with E-state index in [1.54, 1.807) is 31.7 Å². The summed E-state index contributed by atoms with van der Waals surface area (Å²) in [5.41, 5.74) is 3.87. The third kappa shape index (κ3) is 6.41. The van der Waals surface area contributed by atoms with Gasteiger partial charge in [0.05, 0.1) is 6.42 Å². The monoisotopic (exact) mass is 542 g/mol. The highest BCUT2D eigenvalue weighted by molar-refractivity contribution is 6.00. The molecule has 2 aliphatic rings. The average molecular weight is 543 g/mol. The lowest BCUT2D eigenvalue weighted by molar-refractivity contribution is -0.129. The summed E-state index contributed by atoms with van der Waals surface area (Å²) >= 11 is 0. The van der Waals surface area contributed by atoms with E-state index in [0.717, 1.165) is 68.3 Å². The number of benzene rings is 1. The van der Waals surface area contributed by atoms with Gasteiger partial charge in [-0.15, -0.1) is 0 Å². The van der Waals surface area contributed by atoms with E-state index in [0.29, 0.717) is 23.7 Å². The summed E-state index contributed by atoms with van der Waals surface area (Å²) in [6.45, 7) is 3.88. The maximum absolute atomic E-state index is 13.5. The number of nitrogens with one attached hydrogen (secondary N) is 2. The van der Waals surface area contributed by atoms with E-state index >= 15 is 0 Å². The number of aryl methyl sites for hydroxylation is 1. The molecular formula is C31H38N6O3. The summed E-state index contributed by atoms with van der Waals surface area (Å²) in [6.07, 6.45) is 11.4. The summed E-state index contributed by atoms with van der Waals surface area (Å²) < 4.78 is 1.51. The lowest BCUT2D eigenvalue weighted by atomic mass is 9.79. The van der Waals surface area contributed by atoms with Crippen molar-refractivity contribution in [2.75, 3.05) is 18.4 Å². The Hall–Kier alpha value is -4.01. The van der Waals surface area contributed by atoms with Gasteiger partial charge in [-0.25, -0.2) is 0 Å². The number of hydrogen-bond acceptors (Lipinski definition) is 5. The first-order valence-corrected chi connectivity index (χ1v) is 14.3. The summed E-state index contributed by atoms with van der Waals surface area (Å²) in [5, 5.41) is 10.1. The van der Waals surface area contributed by atoms with E-state index in [1.165, 1.54) is 4.68 Å². The van der Waals surface area contributed by atoms with Gasteiger partial charge >= 0.3 is 0 Å². The number of carbonyl (C=O) groups is 3. The Morgan fingerprint density at radius 3 is 2.38 bits per heavy atom. The highest BCUT2D eigenvalue weighted by Gasteiger charge is 2.33. The van der Waals surface area contributed by atoms with Crippen molar-refractivity contribution in [2.24, 2.45) is 18.9 Å². The van der Waals surface area contributed by atoms with E-state index in [4.69, 9.17) is 0 Å². The van der Waals surface area contributed by atoms with E-state index in [-0.39, 0.29) is 23.6 Å². The number of pyridine rings is 1. The van der Waals surface area contributed by atoms with Crippen molar-refractivity contribution in [3.63, 3.8) is 0 Å². The van der Waals surface area contributed by atoms with Gasteiger partial charge in [-0.2, -0.15) is 5.10 Å². The van der Waals surface area contributed by atoms with Crippen molar-refractivity contribution in [2.45, 2.75) is 57.9 Å². The third-order valence-corrected chi connectivity index (χ3v) is 8.32. The summed E-state index contributed by atoms with van der Waals surface area (Å²) in [6, 6.07) is 10.6. The van der Waals surface area contributed by atoms with Crippen LogP contribution in [0.1, 0.15) is 61.5 Å². The Bertz CT molecular complexity index is 1340. The van der Waals surface area contributed by atoms with Gasteiger partial charge in [0.1, 0.15) is 11.7 Å². The molecule has 1 aliphatic carbocycles. The number of rotatable bonds is 8. The molecule has 5 rings (SSSR count). The predicted molar refractivity (Wildman–Crippen MR) is 153 cm³/mol. The molecular weight excluding hydrogens is 504 g/mol. The van der Waals surface area contributed by atoms with Crippen LogP contribution in [0.4, 0.5) is 5.69 Å². The molecule has 40 heavy (non-hydrogen) atoms. The van der Waals surface area contributed by atoms with Gasteiger partial charge in [0.25, 0.3) is 5.91 Å². The molecule has 1 saturated carbocycles. The van der Waals surface area contributed by atoms with Gasteiger partial charge in [0.15, 0.2) is 0 Å². The van der Waals surface area contributed by atoms with Gasteiger partial charge < -0.3 is 15.5 Å². The molecule has 9 nitrogen and oxygen atoms in total. The maximum atomic E-state index is 13.5. The lowest BCUT2D eigenvalue weighted by Gasteiger charge is -2.32. The van der Waals surface area contributed by atoms with Crippen LogP contribution in [-0.2, 0) is 23.1 Å². The number of aromatic nitrogens is 3. The van der Waals surface area contributed by atoms with Gasteiger partial charge in [-0.05, 0) is 78.5 Å². The van der Waals surface area contributed by atoms with Crippen LogP contribution in [0.2, 0.25) is 0 Å². The topological polar surface area (TPSA) is 109 Å².